The molecule has 0 atom stereocenters. The van der Waals surface area contributed by atoms with E-state index in [1.165, 1.54) is 0 Å². The number of rotatable bonds is 5. The topological polar surface area (TPSA) is 67.4 Å². The van der Waals surface area contributed by atoms with Crippen LogP contribution in [0.15, 0.2) is 24.3 Å². The van der Waals surface area contributed by atoms with Crippen molar-refractivity contribution in [3.8, 4) is 0 Å². The lowest BCUT2D eigenvalue weighted by atomic mass is 10.1. The maximum absolute atomic E-state index is 11.7. The van der Waals surface area contributed by atoms with E-state index in [2.05, 4.69) is 10.9 Å². The van der Waals surface area contributed by atoms with Crippen molar-refractivity contribution in [3.05, 3.63) is 35.4 Å². The van der Waals surface area contributed by atoms with Gasteiger partial charge in [0.25, 0.3) is 5.91 Å². The molecule has 0 aromatic heterocycles. The summed E-state index contributed by atoms with van der Waals surface area (Å²) in [6, 6.07) is 7.18. The largest absolute Gasteiger partial charge is 0.381 e. The third-order valence-corrected chi connectivity index (χ3v) is 2.38. The first-order valence-corrected chi connectivity index (χ1v) is 5.87. The van der Waals surface area contributed by atoms with Crippen molar-refractivity contribution in [2.24, 2.45) is 0 Å². The van der Waals surface area contributed by atoms with Crippen LogP contribution in [-0.4, -0.2) is 25.0 Å². The third kappa shape index (κ3) is 4.55. The normalized spacial score (nSPS) is 9.89. The van der Waals surface area contributed by atoms with Gasteiger partial charge in [0, 0.05) is 12.2 Å². The number of hydrogen-bond donors (Lipinski definition) is 2. The molecule has 0 aliphatic heterocycles. The van der Waals surface area contributed by atoms with Crippen molar-refractivity contribution in [1.82, 2.24) is 10.9 Å². The van der Waals surface area contributed by atoms with Gasteiger partial charge in [-0.2, -0.15) is 0 Å². The molecule has 0 aliphatic rings. The first kappa shape index (κ1) is 14.2. The number of hydrogen-bond acceptors (Lipinski definition) is 3. The van der Waals surface area contributed by atoms with Gasteiger partial charge in [-0.05, 0) is 25.5 Å². The van der Waals surface area contributed by atoms with E-state index >= 15 is 0 Å². The first-order chi connectivity index (χ1) is 8.65. The van der Waals surface area contributed by atoms with E-state index in [1.807, 2.05) is 26.0 Å². The number of carbonyl (C=O) groups excluding carboxylic acids is 2. The summed E-state index contributed by atoms with van der Waals surface area (Å²) in [5.41, 5.74) is 6.12. The van der Waals surface area contributed by atoms with Gasteiger partial charge in [-0.3, -0.25) is 20.4 Å². The summed E-state index contributed by atoms with van der Waals surface area (Å²) in [5.74, 6) is -0.594. The Labute approximate surface area is 106 Å². The molecule has 0 spiro atoms. The van der Waals surface area contributed by atoms with Crippen molar-refractivity contribution in [2.45, 2.75) is 20.3 Å². The summed E-state index contributed by atoms with van der Waals surface area (Å²) in [6.45, 7) is 4.62. The Balaban J connectivity index is 2.38. The van der Waals surface area contributed by atoms with Crippen LogP contribution in [0.1, 0.15) is 29.3 Å². The van der Waals surface area contributed by atoms with Crippen LogP contribution in [0.4, 0.5) is 0 Å². The van der Waals surface area contributed by atoms with Gasteiger partial charge in [-0.1, -0.05) is 18.2 Å². The molecule has 1 rings (SSSR count). The number of amides is 2. The first-order valence-electron chi connectivity index (χ1n) is 5.87. The van der Waals surface area contributed by atoms with E-state index in [1.54, 1.807) is 12.1 Å². The van der Waals surface area contributed by atoms with Gasteiger partial charge in [0.05, 0.1) is 13.0 Å². The fourth-order valence-electron chi connectivity index (χ4n) is 1.39. The second kappa shape index (κ2) is 7.45. The molecule has 0 unspecified atom stereocenters. The Morgan fingerprint density at radius 2 is 1.94 bits per heavy atom. The average Bonchev–Trinajstić information content (AvgIpc) is 2.37. The number of carbonyl (C=O) groups is 2. The van der Waals surface area contributed by atoms with Gasteiger partial charge in [0.2, 0.25) is 5.91 Å². The summed E-state index contributed by atoms with van der Waals surface area (Å²) in [5, 5.41) is 0. The second-order valence-corrected chi connectivity index (χ2v) is 3.76. The summed E-state index contributed by atoms with van der Waals surface area (Å²) in [6.07, 6.45) is 0.224. The van der Waals surface area contributed by atoms with Crippen molar-refractivity contribution < 1.29 is 14.3 Å². The average molecular weight is 250 g/mol. The van der Waals surface area contributed by atoms with Gasteiger partial charge >= 0.3 is 0 Å². The minimum Gasteiger partial charge on any atom is -0.381 e. The van der Waals surface area contributed by atoms with Crippen LogP contribution in [0.3, 0.4) is 0 Å². The fourth-order valence-corrected chi connectivity index (χ4v) is 1.39. The third-order valence-electron chi connectivity index (χ3n) is 2.38. The molecule has 18 heavy (non-hydrogen) atoms. The molecule has 0 saturated carbocycles. The van der Waals surface area contributed by atoms with Crippen molar-refractivity contribution in [2.75, 3.05) is 13.2 Å². The highest BCUT2D eigenvalue weighted by Gasteiger charge is 2.08. The predicted molar refractivity (Wildman–Crippen MR) is 67.9 cm³/mol. The molecule has 0 heterocycles. The second-order valence-electron chi connectivity index (χ2n) is 3.76. The number of benzene rings is 1. The molecule has 5 heteroatoms. The molecule has 0 aliphatic carbocycles. The maximum Gasteiger partial charge on any atom is 0.269 e. The smallest absolute Gasteiger partial charge is 0.269 e. The minimum absolute atomic E-state index is 0.224. The van der Waals surface area contributed by atoms with Gasteiger partial charge < -0.3 is 4.74 Å². The zero-order chi connectivity index (χ0) is 13.4. The van der Waals surface area contributed by atoms with Crippen LogP contribution in [0, 0.1) is 6.92 Å². The number of ether oxygens (including phenoxy) is 1. The zero-order valence-electron chi connectivity index (χ0n) is 10.7. The van der Waals surface area contributed by atoms with E-state index in [-0.39, 0.29) is 18.2 Å². The van der Waals surface area contributed by atoms with E-state index in [0.717, 1.165) is 5.56 Å². The molecular weight excluding hydrogens is 232 g/mol. The lowest BCUT2D eigenvalue weighted by Crippen LogP contribution is -2.42. The summed E-state index contributed by atoms with van der Waals surface area (Å²) in [4.78, 5) is 23.1. The molecule has 0 bridgehead atoms. The van der Waals surface area contributed by atoms with E-state index in [9.17, 15) is 9.59 Å². The molecule has 0 saturated heterocycles. The van der Waals surface area contributed by atoms with Gasteiger partial charge in [-0.25, -0.2) is 0 Å². The molecule has 98 valence electrons. The molecule has 0 fully saturated rings. The van der Waals surface area contributed by atoms with Crippen LogP contribution in [0.2, 0.25) is 0 Å². The molecule has 2 N–H and O–H groups in total. The van der Waals surface area contributed by atoms with Crippen LogP contribution in [0.25, 0.3) is 0 Å². The number of hydrazine groups is 1. The van der Waals surface area contributed by atoms with E-state index in [4.69, 9.17) is 4.74 Å². The lowest BCUT2D eigenvalue weighted by Gasteiger charge is -2.08. The Morgan fingerprint density at radius 1 is 1.22 bits per heavy atom. The van der Waals surface area contributed by atoms with Gasteiger partial charge in [-0.15, -0.1) is 0 Å². The van der Waals surface area contributed by atoms with Crippen LogP contribution < -0.4 is 10.9 Å². The van der Waals surface area contributed by atoms with Gasteiger partial charge in [0.15, 0.2) is 0 Å². The molecular formula is C13H18N2O3. The Bertz CT molecular complexity index is 418. The van der Waals surface area contributed by atoms with E-state index < -0.39 is 0 Å². The van der Waals surface area contributed by atoms with Crippen LogP contribution >= 0.6 is 0 Å². The standard InChI is InChI=1S/C13H18N2O3/c1-3-18-9-8-12(16)14-15-13(17)11-7-5-4-6-10(11)2/h4-7H,3,8-9H2,1-2H3,(H,14,16)(H,15,17). The monoisotopic (exact) mass is 250 g/mol. The fraction of sp³-hybridized carbons (Fsp3) is 0.385. The number of nitrogens with one attached hydrogen (secondary N) is 2. The molecule has 1 aromatic rings. The molecule has 1 aromatic carbocycles. The molecule has 5 nitrogen and oxygen atoms in total. The van der Waals surface area contributed by atoms with Crippen molar-refractivity contribution in [3.63, 3.8) is 0 Å². The quantitative estimate of drug-likeness (QED) is 0.609. The Hall–Kier alpha value is -1.88. The highest BCUT2D eigenvalue weighted by Crippen LogP contribution is 2.05. The highest BCUT2D eigenvalue weighted by atomic mass is 16.5. The molecule has 0 radical (unpaired) electrons. The minimum atomic E-state index is -0.321. The Kier molecular flexibility index (Phi) is 5.87. The summed E-state index contributed by atoms with van der Waals surface area (Å²) >= 11 is 0. The van der Waals surface area contributed by atoms with Gasteiger partial charge in [0.1, 0.15) is 0 Å². The SMILES string of the molecule is CCOCCC(=O)NNC(=O)c1ccccc1C. The maximum atomic E-state index is 11.7. The van der Waals surface area contributed by atoms with Crippen LogP contribution in [-0.2, 0) is 9.53 Å². The molecule has 2 amide bonds. The summed E-state index contributed by atoms with van der Waals surface area (Å²) in [7, 11) is 0. The van der Waals surface area contributed by atoms with Crippen molar-refractivity contribution in [1.29, 1.82) is 0 Å². The predicted octanol–water partition coefficient (Wildman–Crippen LogP) is 1.18. The van der Waals surface area contributed by atoms with Crippen molar-refractivity contribution >= 4 is 11.8 Å². The Morgan fingerprint density at radius 3 is 2.61 bits per heavy atom. The van der Waals surface area contributed by atoms with E-state index in [0.29, 0.717) is 18.8 Å². The highest BCUT2D eigenvalue weighted by molar-refractivity contribution is 5.96. The zero-order valence-corrected chi connectivity index (χ0v) is 10.7. The van der Waals surface area contributed by atoms with Crippen LogP contribution in [0.5, 0.6) is 0 Å². The lowest BCUT2D eigenvalue weighted by molar-refractivity contribution is -0.122. The number of aryl methyl sites for hydroxylation is 1. The summed E-state index contributed by atoms with van der Waals surface area (Å²) < 4.78 is 5.04.